The Labute approximate surface area is 186 Å². The van der Waals surface area contributed by atoms with E-state index in [0.717, 1.165) is 16.8 Å². The molecule has 7 nitrogen and oxygen atoms in total. The van der Waals surface area contributed by atoms with E-state index in [0.29, 0.717) is 36.5 Å². The lowest BCUT2D eigenvalue weighted by atomic mass is 10.1. The minimum Gasteiger partial charge on any atom is -0.447 e. The van der Waals surface area contributed by atoms with Crippen molar-refractivity contribution in [3.63, 3.8) is 0 Å². The van der Waals surface area contributed by atoms with Crippen LogP contribution in [0.4, 0.5) is 16.2 Å². The molecule has 0 unspecified atom stereocenters. The van der Waals surface area contributed by atoms with Crippen LogP contribution in [0.25, 0.3) is 0 Å². The van der Waals surface area contributed by atoms with Crippen molar-refractivity contribution in [1.29, 1.82) is 0 Å². The Bertz CT molecular complexity index is 1160. The van der Waals surface area contributed by atoms with E-state index in [1.807, 2.05) is 37.3 Å². The summed E-state index contributed by atoms with van der Waals surface area (Å²) >= 11 is 0. The van der Waals surface area contributed by atoms with Gasteiger partial charge in [0.1, 0.15) is 6.61 Å². The molecule has 3 aromatic rings. The van der Waals surface area contributed by atoms with Crippen LogP contribution in [-0.4, -0.2) is 31.1 Å². The molecule has 0 aromatic heterocycles. The highest BCUT2D eigenvalue weighted by Gasteiger charge is 2.23. The van der Waals surface area contributed by atoms with Crippen LogP contribution in [0.15, 0.2) is 72.8 Å². The molecule has 1 heterocycles. The van der Waals surface area contributed by atoms with Gasteiger partial charge in [-0.1, -0.05) is 36.4 Å². The summed E-state index contributed by atoms with van der Waals surface area (Å²) < 4.78 is 4.98. The molecule has 1 fully saturated rings. The average molecular weight is 429 g/mol. The fraction of sp³-hybridized carbons (Fsp3) is 0.160. The van der Waals surface area contributed by atoms with Gasteiger partial charge in [-0.05, 0) is 54.4 Å². The van der Waals surface area contributed by atoms with E-state index in [2.05, 4.69) is 10.6 Å². The number of carbonyl (C=O) groups excluding carboxylic acids is 3. The summed E-state index contributed by atoms with van der Waals surface area (Å²) in [4.78, 5) is 38.5. The number of amides is 3. The van der Waals surface area contributed by atoms with E-state index in [-0.39, 0.29) is 17.9 Å². The molecule has 162 valence electrons. The quantitative estimate of drug-likeness (QED) is 0.617. The normalized spacial score (nSPS) is 12.9. The first-order chi connectivity index (χ1) is 15.5. The molecule has 32 heavy (non-hydrogen) atoms. The van der Waals surface area contributed by atoms with Gasteiger partial charge in [-0.15, -0.1) is 0 Å². The summed E-state index contributed by atoms with van der Waals surface area (Å²) in [5.74, 6) is -0.491. The van der Waals surface area contributed by atoms with Gasteiger partial charge in [0.2, 0.25) is 0 Å². The van der Waals surface area contributed by atoms with Crippen molar-refractivity contribution in [2.75, 3.05) is 23.4 Å². The number of hydrogen-bond donors (Lipinski definition) is 2. The third kappa shape index (κ3) is 4.78. The smallest absolute Gasteiger partial charge is 0.414 e. The maximum Gasteiger partial charge on any atom is 0.414 e. The van der Waals surface area contributed by atoms with Crippen molar-refractivity contribution in [1.82, 2.24) is 5.32 Å². The molecule has 0 atom stereocenters. The first kappa shape index (κ1) is 21.1. The van der Waals surface area contributed by atoms with Crippen LogP contribution in [0.2, 0.25) is 0 Å². The van der Waals surface area contributed by atoms with Crippen molar-refractivity contribution in [2.24, 2.45) is 0 Å². The standard InChI is InChI=1S/C25H23N3O4/c1-17-10-11-20(15-22(17)27-24(30)19-7-3-2-4-8-19)23(29)26-16-18-6-5-9-21(14-18)28-12-13-32-25(28)31/h2-11,14-15H,12-13,16H2,1H3,(H,26,29)(H,27,30). The number of nitrogens with one attached hydrogen (secondary N) is 2. The fourth-order valence-corrected chi connectivity index (χ4v) is 3.43. The van der Waals surface area contributed by atoms with E-state index < -0.39 is 0 Å². The largest absolute Gasteiger partial charge is 0.447 e. The Morgan fingerprint density at radius 1 is 0.938 bits per heavy atom. The number of anilines is 2. The second kappa shape index (κ2) is 9.34. The van der Waals surface area contributed by atoms with Crippen molar-refractivity contribution in [3.05, 3.63) is 95.1 Å². The Morgan fingerprint density at radius 2 is 1.75 bits per heavy atom. The SMILES string of the molecule is Cc1ccc(C(=O)NCc2cccc(N3CCOC3=O)c2)cc1NC(=O)c1ccccc1. The van der Waals surface area contributed by atoms with Crippen LogP contribution in [0.3, 0.4) is 0 Å². The molecule has 1 aliphatic heterocycles. The molecular weight excluding hydrogens is 406 g/mol. The Hall–Kier alpha value is -4.13. The van der Waals surface area contributed by atoms with Crippen molar-refractivity contribution >= 4 is 29.3 Å². The Kier molecular flexibility index (Phi) is 6.17. The van der Waals surface area contributed by atoms with E-state index in [9.17, 15) is 14.4 Å². The topological polar surface area (TPSA) is 87.7 Å². The Balaban J connectivity index is 1.42. The molecule has 0 spiro atoms. The first-order valence-corrected chi connectivity index (χ1v) is 10.3. The molecule has 0 aliphatic carbocycles. The first-order valence-electron chi connectivity index (χ1n) is 10.3. The van der Waals surface area contributed by atoms with Gasteiger partial charge in [-0.2, -0.15) is 0 Å². The molecule has 1 aliphatic rings. The maximum atomic E-state index is 12.7. The number of rotatable bonds is 6. The molecule has 0 bridgehead atoms. The summed E-state index contributed by atoms with van der Waals surface area (Å²) in [6.45, 7) is 3.05. The number of carbonyl (C=O) groups is 3. The third-order valence-electron chi connectivity index (χ3n) is 5.22. The highest BCUT2D eigenvalue weighted by Crippen LogP contribution is 2.21. The van der Waals surface area contributed by atoms with E-state index in [1.165, 1.54) is 0 Å². The molecule has 0 saturated carbocycles. The number of aryl methyl sites for hydroxylation is 1. The van der Waals surface area contributed by atoms with E-state index in [1.54, 1.807) is 47.4 Å². The van der Waals surface area contributed by atoms with Gasteiger partial charge < -0.3 is 15.4 Å². The summed E-state index contributed by atoms with van der Waals surface area (Å²) in [5, 5.41) is 5.76. The van der Waals surface area contributed by atoms with Crippen molar-refractivity contribution in [2.45, 2.75) is 13.5 Å². The molecule has 1 saturated heterocycles. The maximum absolute atomic E-state index is 12.7. The summed E-state index contributed by atoms with van der Waals surface area (Å²) in [5.41, 5.74) is 4.03. The van der Waals surface area contributed by atoms with E-state index in [4.69, 9.17) is 4.74 Å². The molecule has 4 rings (SSSR count). The van der Waals surface area contributed by atoms with Gasteiger partial charge in [-0.3, -0.25) is 14.5 Å². The molecule has 2 N–H and O–H groups in total. The minimum atomic E-state index is -0.365. The van der Waals surface area contributed by atoms with Crippen LogP contribution in [0, 0.1) is 6.92 Å². The number of cyclic esters (lactones) is 1. The summed E-state index contributed by atoms with van der Waals surface area (Å²) in [7, 11) is 0. The van der Waals surface area contributed by atoms with Crippen LogP contribution >= 0.6 is 0 Å². The van der Waals surface area contributed by atoms with Crippen LogP contribution in [0.1, 0.15) is 31.8 Å². The highest BCUT2D eigenvalue weighted by molar-refractivity contribution is 6.05. The summed E-state index contributed by atoms with van der Waals surface area (Å²) in [6, 6.07) is 21.5. The predicted octanol–water partition coefficient (Wildman–Crippen LogP) is 4.13. The minimum absolute atomic E-state index is 0.233. The number of nitrogens with zero attached hydrogens (tertiary/aromatic N) is 1. The average Bonchev–Trinajstić information content (AvgIpc) is 3.25. The number of ether oxygens (including phenoxy) is 1. The molecule has 7 heteroatoms. The number of hydrogen-bond acceptors (Lipinski definition) is 4. The summed E-state index contributed by atoms with van der Waals surface area (Å²) in [6.07, 6.45) is -0.365. The molecule has 3 amide bonds. The highest BCUT2D eigenvalue weighted by atomic mass is 16.6. The zero-order valence-electron chi connectivity index (χ0n) is 17.6. The Morgan fingerprint density at radius 3 is 2.50 bits per heavy atom. The van der Waals surface area contributed by atoms with Crippen molar-refractivity contribution < 1.29 is 19.1 Å². The zero-order chi connectivity index (χ0) is 22.5. The second-order valence-electron chi connectivity index (χ2n) is 7.47. The van der Waals surface area contributed by atoms with Gasteiger partial charge in [0.15, 0.2) is 0 Å². The lowest BCUT2D eigenvalue weighted by Crippen LogP contribution is -2.25. The molecule has 0 radical (unpaired) electrons. The third-order valence-corrected chi connectivity index (χ3v) is 5.22. The van der Waals surface area contributed by atoms with Crippen LogP contribution < -0.4 is 15.5 Å². The molecule has 3 aromatic carbocycles. The predicted molar refractivity (Wildman–Crippen MR) is 122 cm³/mol. The van der Waals surface area contributed by atoms with Crippen LogP contribution in [-0.2, 0) is 11.3 Å². The van der Waals surface area contributed by atoms with Gasteiger partial charge >= 0.3 is 6.09 Å². The van der Waals surface area contributed by atoms with Gasteiger partial charge in [0.25, 0.3) is 11.8 Å². The monoisotopic (exact) mass is 429 g/mol. The van der Waals surface area contributed by atoms with Crippen molar-refractivity contribution in [3.8, 4) is 0 Å². The number of benzene rings is 3. The second-order valence-corrected chi connectivity index (χ2v) is 7.47. The van der Waals surface area contributed by atoms with Gasteiger partial charge in [0, 0.05) is 29.0 Å². The van der Waals surface area contributed by atoms with Gasteiger partial charge in [0.05, 0.1) is 6.54 Å². The fourth-order valence-electron chi connectivity index (χ4n) is 3.43. The lowest BCUT2D eigenvalue weighted by molar-refractivity contribution is 0.0949. The zero-order valence-corrected chi connectivity index (χ0v) is 17.6. The van der Waals surface area contributed by atoms with Gasteiger partial charge in [-0.25, -0.2) is 4.79 Å². The van der Waals surface area contributed by atoms with Crippen LogP contribution in [0.5, 0.6) is 0 Å². The lowest BCUT2D eigenvalue weighted by Gasteiger charge is -2.14. The molecular formula is C25H23N3O4. The van der Waals surface area contributed by atoms with E-state index >= 15 is 0 Å².